The molecular formula is C26H23Cl2FN4O3. The Kier molecular flexibility index (Phi) is 7.61. The van der Waals surface area contributed by atoms with Crippen LogP contribution in [-0.2, 0) is 11.3 Å². The number of fused-ring (bicyclic) bond motifs is 1. The molecule has 2 heterocycles. The Morgan fingerprint density at radius 1 is 1.11 bits per heavy atom. The molecule has 1 amide bonds. The fraction of sp³-hybridized carbons (Fsp3) is 0.154. The van der Waals surface area contributed by atoms with E-state index in [9.17, 15) is 19.4 Å². The van der Waals surface area contributed by atoms with E-state index in [0.29, 0.717) is 16.4 Å². The quantitative estimate of drug-likeness (QED) is 0.337. The number of aliphatic hydroxyl groups is 2. The number of benzene rings is 3. The summed E-state index contributed by atoms with van der Waals surface area (Å²) in [4.78, 5) is 23.7. The fourth-order valence-corrected chi connectivity index (χ4v) is 4.50. The highest BCUT2D eigenvalue weighted by atomic mass is 35.5. The summed E-state index contributed by atoms with van der Waals surface area (Å²) in [7, 11) is 0. The van der Waals surface area contributed by atoms with Gasteiger partial charge in [-0.15, -0.1) is 12.4 Å². The monoisotopic (exact) mass is 528 g/mol. The van der Waals surface area contributed by atoms with Gasteiger partial charge in [-0.3, -0.25) is 4.79 Å². The highest BCUT2D eigenvalue weighted by Gasteiger charge is 2.38. The predicted molar refractivity (Wildman–Crippen MR) is 139 cm³/mol. The maximum atomic E-state index is 13.7. The van der Waals surface area contributed by atoms with Crippen molar-refractivity contribution in [2.75, 3.05) is 16.3 Å². The van der Waals surface area contributed by atoms with E-state index < -0.39 is 18.1 Å². The molecule has 1 aliphatic heterocycles. The van der Waals surface area contributed by atoms with Crippen LogP contribution in [0.2, 0.25) is 5.02 Å². The molecule has 0 saturated carbocycles. The number of carbonyl (C=O) groups is 1. The minimum absolute atomic E-state index is 0. The van der Waals surface area contributed by atoms with Crippen LogP contribution in [0.1, 0.15) is 17.2 Å². The summed E-state index contributed by atoms with van der Waals surface area (Å²) < 4.78 is 13.7. The van der Waals surface area contributed by atoms with Crippen molar-refractivity contribution in [1.29, 1.82) is 0 Å². The molecular weight excluding hydrogens is 506 g/mol. The third-order valence-corrected chi connectivity index (χ3v) is 6.28. The average Bonchev–Trinajstić information content (AvgIpc) is 3.47. The second-order valence-corrected chi connectivity index (χ2v) is 8.75. The molecule has 1 aromatic heterocycles. The van der Waals surface area contributed by atoms with E-state index in [-0.39, 0.29) is 37.0 Å². The molecule has 2 atom stereocenters. The molecule has 5 rings (SSSR count). The summed E-state index contributed by atoms with van der Waals surface area (Å²) in [6.45, 7) is 0.0191. The Balaban J connectivity index is 0.00000304. The number of amides is 1. The maximum absolute atomic E-state index is 13.7. The number of nitrogens with zero attached hydrogens (tertiary/aromatic N) is 3. The van der Waals surface area contributed by atoms with E-state index in [4.69, 9.17) is 11.6 Å². The Bertz CT molecular complexity index is 1350. The Hall–Kier alpha value is -3.43. The van der Waals surface area contributed by atoms with Gasteiger partial charge >= 0.3 is 0 Å². The first-order valence-electron chi connectivity index (χ1n) is 11.0. The molecule has 1 aliphatic rings. The van der Waals surface area contributed by atoms with E-state index in [2.05, 4.69) is 9.97 Å². The summed E-state index contributed by atoms with van der Waals surface area (Å²) in [5, 5.41) is 21.5. The first kappa shape index (κ1) is 25.7. The summed E-state index contributed by atoms with van der Waals surface area (Å²) in [6.07, 6.45) is 0.622. The fourth-order valence-electron chi connectivity index (χ4n) is 4.28. The molecule has 0 spiro atoms. The number of aromatic nitrogens is 2. The van der Waals surface area contributed by atoms with Gasteiger partial charge in [0.1, 0.15) is 18.5 Å². The third kappa shape index (κ3) is 5.08. The molecule has 3 N–H and O–H groups in total. The Labute approximate surface area is 218 Å². The first-order valence-corrected chi connectivity index (χ1v) is 11.3. The lowest BCUT2D eigenvalue weighted by Crippen LogP contribution is -2.44. The standard InChI is InChI=1S/C26H22ClFN4O3.ClH/c27-18-3-1-2-16(10-18)13-31(20-7-4-17(5-8-20)22-12-29-15-30-22)24(33)14-32-23-9-6-19(28)11-21(23)25(34)26(32)35;/h1-12,15,25-26,34-35H,13-14H2,(H,29,30);1H. The molecule has 3 aromatic carbocycles. The van der Waals surface area contributed by atoms with Crippen LogP contribution in [-0.4, -0.2) is 38.9 Å². The van der Waals surface area contributed by atoms with Crippen molar-refractivity contribution < 1.29 is 19.4 Å². The Morgan fingerprint density at radius 3 is 2.58 bits per heavy atom. The lowest BCUT2D eigenvalue weighted by molar-refractivity contribution is -0.118. The number of hydrogen-bond acceptors (Lipinski definition) is 5. The minimum atomic E-state index is -1.37. The molecule has 10 heteroatoms. The van der Waals surface area contributed by atoms with Gasteiger partial charge in [-0.25, -0.2) is 9.37 Å². The number of carbonyl (C=O) groups excluding carboxylic acids is 1. The number of aliphatic hydroxyl groups excluding tert-OH is 2. The SMILES string of the molecule is Cl.O=C(CN1c2ccc(F)cc2C(O)C1O)N(Cc1cccc(Cl)c1)c1ccc(-c2cnc[nH]2)cc1. The van der Waals surface area contributed by atoms with Crippen molar-refractivity contribution in [2.45, 2.75) is 18.9 Å². The van der Waals surface area contributed by atoms with Crippen LogP contribution in [0, 0.1) is 5.82 Å². The number of rotatable bonds is 6. The lowest BCUT2D eigenvalue weighted by Gasteiger charge is -2.29. The number of nitrogens with one attached hydrogen (secondary N) is 1. The molecule has 0 bridgehead atoms. The normalized spacial score (nSPS) is 16.4. The van der Waals surface area contributed by atoms with Crippen LogP contribution < -0.4 is 9.80 Å². The number of anilines is 2. The molecule has 0 saturated heterocycles. The first-order chi connectivity index (χ1) is 16.9. The largest absolute Gasteiger partial charge is 0.384 e. The second-order valence-electron chi connectivity index (χ2n) is 8.31. The van der Waals surface area contributed by atoms with Gasteiger partial charge in [0.15, 0.2) is 6.23 Å². The van der Waals surface area contributed by atoms with Crippen LogP contribution in [0.3, 0.4) is 0 Å². The number of H-pyrrole nitrogens is 1. The van der Waals surface area contributed by atoms with Gasteiger partial charge < -0.3 is 25.0 Å². The minimum Gasteiger partial charge on any atom is -0.384 e. The molecule has 0 radical (unpaired) electrons. The van der Waals surface area contributed by atoms with E-state index in [1.165, 1.54) is 23.1 Å². The van der Waals surface area contributed by atoms with Gasteiger partial charge in [-0.05, 0) is 53.6 Å². The van der Waals surface area contributed by atoms with E-state index in [1.807, 2.05) is 36.4 Å². The lowest BCUT2D eigenvalue weighted by atomic mass is 10.1. The third-order valence-electron chi connectivity index (χ3n) is 6.04. The zero-order valence-electron chi connectivity index (χ0n) is 18.9. The Morgan fingerprint density at radius 2 is 1.89 bits per heavy atom. The predicted octanol–water partition coefficient (Wildman–Crippen LogP) is 4.70. The van der Waals surface area contributed by atoms with Gasteiger partial charge in [0, 0.05) is 22.0 Å². The summed E-state index contributed by atoms with van der Waals surface area (Å²) in [6, 6.07) is 18.5. The van der Waals surface area contributed by atoms with Gasteiger partial charge in [-0.1, -0.05) is 35.9 Å². The van der Waals surface area contributed by atoms with Crippen molar-refractivity contribution >= 4 is 41.3 Å². The van der Waals surface area contributed by atoms with Gasteiger partial charge in [0.2, 0.25) is 5.91 Å². The zero-order chi connectivity index (χ0) is 24.5. The number of imidazole rings is 1. The number of hydrogen-bond donors (Lipinski definition) is 3. The van der Waals surface area contributed by atoms with Crippen molar-refractivity contribution in [3.63, 3.8) is 0 Å². The summed E-state index contributed by atoms with van der Waals surface area (Å²) >= 11 is 6.16. The summed E-state index contributed by atoms with van der Waals surface area (Å²) in [5.41, 5.74) is 3.89. The van der Waals surface area contributed by atoms with Crippen LogP contribution in [0.15, 0.2) is 79.3 Å². The van der Waals surface area contributed by atoms with E-state index in [0.717, 1.165) is 16.8 Å². The highest BCUT2D eigenvalue weighted by molar-refractivity contribution is 6.30. The topological polar surface area (TPSA) is 92.7 Å². The molecule has 7 nitrogen and oxygen atoms in total. The molecule has 4 aromatic rings. The van der Waals surface area contributed by atoms with E-state index in [1.54, 1.807) is 29.6 Å². The molecule has 2 unspecified atom stereocenters. The molecule has 186 valence electrons. The number of aromatic amines is 1. The van der Waals surface area contributed by atoms with E-state index >= 15 is 0 Å². The molecule has 36 heavy (non-hydrogen) atoms. The van der Waals surface area contributed by atoms with Crippen molar-refractivity contribution in [2.24, 2.45) is 0 Å². The van der Waals surface area contributed by atoms with Crippen molar-refractivity contribution in [1.82, 2.24) is 9.97 Å². The summed E-state index contributed by atoms with van der Waals surface area (Å²) in [5.74, 6) is -0.842. The maximum Gasteiger partial charge on any atom is 0.246 e. The molecule has 0 aliphatic carbocycles. The van der Waals surface area contributed by atoms with Crippen molar-refractivity contribution in [3.05, 3.63) is 101 Å². The van der Waals surface area contributed by atoms with Crippen LogP contribution in [0.5, 0.6) is 0 Å². The van der Waals surface area contributed by atoms with Crippen LogP contribution >= 0.6 is 24.0 Å². The average molecular weight is 529 g/mol. The smallest absolute Gasteiger partial charge is 0.246 e. The highest BCUT2D eigenvalue weighted by Crippen LogP contribution is 2.39. The van der Waals surface area contributed by atoms with Crippen LogP contribution in [0.4, 0.5) is 15.8 Å². The van der Waals surface area contributed by atoms with Gasteiger partial charge in [0.25, 0.3) is 0 Å². The molecule has 0 fully saturated rings. The van der Waals surface area contributed by atoms with Crippen LogP contribution in [0.25, 0.3) is 11.3 Å². The zero-order valence-corrected chi connectivity index (χ0v) is 20.5. The van der Waals surface area contributed by atoms with Gasteiger partial charge in [-0.2, -0.15) is 0 Å². The second kappa shape index (κ2) is 10.7. The number of halogens is 3. The van der Waals surface area contributed by atoms with Gasteiger partial charge in [0.05, 0.1) is 24.8 Å². The van der Waals surface area contributed by atoms with Crippen molar-refractivity contribution in [3.8, 4) is 11.3 Å².